The Hall–Kier alpha value is -2.80. The molecule has 25 heavy (non-hydrogen) atoms. The smallest absolute Gasteiger partial charge is 0.255 e. The summed E-state index contributed by atoms with van der Waals surface area (Å²) in [6.45, 7) is 0.349. The molecule has 2 N–H and O–H groups in total. The topological polar surface area (TPSA) is 81.9 Å². The molecule has 0 unspecified atom stereocenters. The fourth-order valence-corrected chi connectivity index (χ4v) is 2.82. The lowest BCUT2D eigenvalue weighted by Crippen LogP contribution is -2.23. The van der Waals surface area contributed by atoms with E-state index < -0.39 is 5.91 Å². The third-order valence-electron chi connectivity index (χ3n) is 3.33. The van der Waals surface area contributed by atoms with Crippen molar-refractivity contribution in [1.29, 1.82) is 0 Å². The lowest BCUT2D eigenvalue weighted by atomic mass is 10.2. The van der Waals surface area contributed by atoms with Crippen molar-refractivity contribution in [3.63, 3.8) is 0 Å². The minimum absolute atomic E-state index is 0.0959. The van der Waals surface area contributed by atoms with Gasteiger partial charge >= 0.3 is 0 Å². The van der Waals surface area contributed by atoms with E-state index in [9.17, 15) is 9.59 Å². The highest BCUT2D eigenvalue weighted by Gasteiger charge is 2.08. The SMILES string of the molecule is COc1cc(/C=C/C(=O)N(C)Cc2cccs2)ccc1OCC(N)=O. The van der Waals surface area contributed by atoms with Crippen molar-refractivity contribution in [1.82, 2.24) is 4.90 Å². The molecular weight excluding hydrogens is 340 g/mol. The number of ether oxygens (including phenoxy) is 2. The van der Waals surface area contributed by atoms with E-state index in [-0.39, 0.29) is 12.5 Å². The maximum absolute atomic E-state index is 12.2. The molecule has 2 aromatic rings. The van der Waals surface area contributed by atoms with Crippen LogP contribution in [0.3, 0.4) is 0 Å². The first-order chi connectivity index (χ1) is 12.0. The van der Waals surface area contributed by atoms with E-state index in [4.69, 9.17) is 15.2 Å². The van der Waals surface area contributed by atoms with Gasteiger partial charge in [-0.15, -0.1) is 11.3 Å². The first kappa shape index (κ1) is 18.5. The van der Waals surface area contributed by atoms with Crippen LogP contribution in [-0.4, -0.2) is 37.5 Å². The molecule has 1 heterocycles. The number of nitrogens with zero attached hydrogens (tertiary/aromatic N) is 1. The van der Waals surface area contributed by atoms with Gasteiger partial charge in [0, 0.05) is 18.0 Å². The van der Waals surface area contributed by atoms with Gasteiger partial charge in [0.15, 0.2) is 18.1 Å². The van der Waals surface area contributed by atoms with E-state index in [0.29, 0.717) is 18.0 Å². The van der Waals surface area contributed by atoms with Crippen LogP contribution in [0, 0.1) is 0 Å². The number of rotatable bonds is 8. The number of amides is 2. The van der Waals surface area contributed by atoms with Crippen molar-refractivity contribution >= 4 is 29.2 Å². The zero-order valence-corrected chi connectivity index (χ0v) is 14.9. The van der Waals surface area contributed by atoms with Gasteiger partial charge in [0.25, 0.3) is 5.91 Å². The predicted octanol–water partition coefficient (Wildman–Crippen LogP) is 2.29. The Kier molecular flexibility index (Phi) is 6.59. The fraction of sp³-hybridized carbons (Fsp3) is 0.222. The fourth-order valence-electron chi connectivity index (χ4n) is 2.06. The van der Waals surface area contributed by atoms with Gasteiger partial charge in [-0.2, -0.15) is 0 Å². The molecule has 0 aliphatic heterocycles. The van der Waals surface area contributed by atoms with Crippen molar-refractivity contribution in [3.8, 4) is 11.5 Å². The van der Waals surface area contributed by atoms with Crippen LogP contribution < -0.4 is 15.2 Å². The number of methoxy groups -OCH3 is 1. The van der Waals surface area contributed by atoms with Crippen LogP contribution in [0.2, 0.25) is 0 Å². The second-order valence-electron chi connectivity index (χ2n) is 5.27. The quantitative estimate of drug-likeness (QED) is 0.732. The molecule has 7 heteroatoms. The van der Waals surface area contributed by atoms with Crippen LogP contribution in [0.4, 0.5) is 0 Å². The molecule has 0 bridgehead atoms. The zero-order valence-electron chi connectivity index (χ0n) is 14.1. The summed E-state index contributed by atoms with van der Waals surface area (Å²) in [5, 5.41) is 1.98. The van der Waals surface area contributed by atoms with E-state index in [1.54, 1.807) is 47.6 Å². The average Bonchev–Trinajstić information content (AvgIpc) is 3.10. The second-order valence-corrected chi connectivity index (χ2v) is 6.30. The largest absolute Gasteiger partial charge is 0.493 e. The van der Waals surface area contributed by atoms with Crippen molar-refractivity contribution < 1.29 is 19.1 Å². The van der Waals surface area contributed by atoms with Crippen LogP contribution in [0.25, 0.3) is 6.08 Å². The predicted molar refractivity (Wildman–Crippen MR) is 97.5 cm³/mol. The summed E-state index contributed by atoms with van der Waals surface area (Å²) < 4.78 is 10.5. The van der Waals surface area contributed by atoms with E-state index in [1.165, 1.54) is 13.2 Å². The lowest BCUT2D eigenvalue weighted by molar-refractivity contribution is -0.125. The number of nitrogens with two attached hydrogens (primary N) is 1. The number of thiophene rings is 1. The number of primary amides is 1. The van der Waals surface area contributed by atoms with Gasteiger partial charge in [0.2, 0.25) is 5.91 Å². The number of carbonyl (C=O) groups is 2. The highest BCUT2D eigenvalue weighted by molar-refractivity contribution is 7.09. The van der Waals surface area contributed by atoms with Crippen LogP contribution in [0.15, 0.2) is 41.8 Å². The van der Waals surface area contributed by atoms with Gasteiger partial charge in [0.1, 0.15) is 0 Å². The standard InChI is InChI=1S/C18H20N2O4S/c1-20(11-14-4-3-9-25-14)18(22)8-6-13-5-7-15(16(10-13)23-2)24-12-17(19)21/h3-10H,11-12H2,1-2H3,(H2,19,21)/b8-6+. The summed E-state index contributed by atoms with van der Waals surface area (Å²) in [5.41, 5.74) is 5.84. The van der Waals surface area contributed by atoms with Gasteiger partial charge in [0.05, 0.1) is 13.7 Å². The van der Waals surface area contributed by atoms with Crippen LogP contribution in [-0.2, 0) is 16.1 Å². The Morgan fingerprint density at radius 3 is 2.72 bits per heavy atom. The van der Waals surface area contributed by atoms with Crippen LogP contribution in [0.5, 0.6) is 11.5 Å². The van der Waals surface area contributed by atoms with E-state index in [1.807, 2.05) is 17.5 Å². The summed E-state index contributed by atoms with van der Waals surface area (Å²) in [5.74, 6) is 0.217. The Morgan fingerprint density at radius 2 is 2.08 bits per heavy atom. The molecule has 0 saturated carbocycles. The molecule has 0 atom stereocenters. The molecule has 2 amide bonds. The second kappa shape index (κ2) is 8.89. The summed E-state index contributed by atoms with van der Waals surface area (Å²) in [4.78, 5) is 25.7. The van der Waals surface area contributed by atoms with Gasteiger partial charge in [-0.3, -0.25) is 9.59 Å². The number of likely N-dealkylation sites (N-methyl/N-ethyl adjacent to an activating group) is 1. The maximum atomic E-state index is 12.2. The molecule has 1 aromatic carbocycles. The molecule has 0 aliphatic rings. The molecule has 0 aliphatic carbocycles. The maximum Gasteiger partial charge on any atom is 0.255 e. The van der Waals surface area contributed by atoms with Crippen molar-refractivity contribution in [2.45, 2.75) is 6.54 Å². The van der Waals surface area contributed by atoms with Crippen LogP contribution in [0.1, 0.15) is 10.4 Å². The molecule has 0 fully saturated rings. The molecular formula is C18H20N2O4S. The molecule has 0 saturated heterocycles. The summed E-state index contributed by atoms with van der Waals surface area (Å²) in [6.07, 6.45) is 3.21. The van der Waals surface area contributed by atoms with Gasteiger partial charge < -0.3 is 20.1 Å². The van der Waals surface area contributed by atoms with Gasteiger partial charge in [-0.1, -0.05) is 12.1 Å². The monoisotopic (exact) mass is 360 g/mol. The molecule has 0 spiro atoms. The minimum atomic E-state index is -0.564. The van der Waals surface area contributed by atoms with Crippen molar-refractivity contribution in [2.75, 3.05) is 20.8 Å². The first-order valence-corrected chi connectivity index (χ1v) is 8.42. The molecule has 0 radical (unpaired) electrons. The third-order valence-corrected chi connectivity index (χ3v) is 4.19. The highest BCUT2D eigenvalue weighted by atomic mass is 32.1. The Balaban J connectivity index is 2.01. The Morgan fingerprint density at radius 1 is 1.28 bits per heavy atom. The van der Waals surface area contributed by atoms with E-state index >= 15 is 0 Å². The molecule has 6 nitrogen and oxygen atoms in total. The number of hydrogen-bond acceptors (Lipinski definition) is 5. The lowest BCUT2D eigenvalue weighted by Gasteiger charge is -2.13. The normalized spacial score (nSPS) is 10.6. The highest BCUT2D eigenvalue weighted by Crippen LogP contribution is 2.28. The minimum Gasteiger partial charge on any atom is -0.493 e. The number of hydrogen-bond donors (Lipinski definition) is 1. The first-order valence-electron chi connectivity index (χ1n) is 7.54. The zero-order chi connectivity index (χ0) is 18.2. The molecule has 132 valence electrons. The Labute approximate surface area is 150 Å². The van der Waals surface area contributed by atoms with Crippen molar-refractivity contribution in [3.05, 3.63) is 52.2 Å². The van der Waals surface area contributed by atoms with E-state index in [0.717, 1.165) is 10.4 Å². The van der Waals surface area contributed by atoms with Crippen molar-refractivity contribution in [2.24, 2.45) is 5.73 Å². The third kappa shape index (κ3) is 5.65. The molecule has 2 rings (SSSR count). The molecule has 1 aromatic heterocycles. The van der Waals surface area contributed by atoms with Gasteiger partial charge in [-0.25, -0.2) is 0 Å². The summed E-state index contributed by atoms with van der Waals surface area (Å²) >= 11 is 1.61. The van der Waals surface area contributed by atoms with Gasteiger partial charge in [-0.05, 0) is 35.2 Å². The van der Waals surface area contributed by atoms with E-state index in [2.05, 4.69) is 0 Å². The number of carbonyl (C=O) groups excluding carboxylic acids is 2. The average molecular weight is 360 g/mol. The summed E-state index contributed by atoms with van der Waals surface area (Å²) in [6, 6.07) is 9.11. The summed E-state index contributed by atoms with van der Waals surface area (Å²) in [7, 11) is 3.26. The Bertz CT molecular complexity index is 756. The van der Waals surface area contributed by atoms with Crippen LogP contribution >= 0.6 is 11.3 Å². The number of benzene rings is 1.